The summed E-state index contributed by atoms with van der Waals surface area (Å²) < 4.78 is 28.8. The van der Waals surface area contributed by atoms with E-state index in [-0.39, 0.29) is 11.6 Å². The topological polar surface area (TPSA) is 21.1 Å². The molecule has 2 heterocycles. The number of nitrogens with zero attached hydrogens (tertiary/aromatic N) is 3. The molecule has 242 valence electrons. The van der Waals surface area contributed by atoms with E-state index in [1.165, 1.54) is 47.2 Å². The summed E-state index contributed by atoms with van der Waals surface area (Å²) >= 11 is 0. The second-order valence-corrected chi connectivity index (χ2v) is 12.5. The summed E-state index contributed by atoms with van der Waals surface area (Å²) in [6.45, 7) is 15.7. The van der Waals surface area contributed by atoms with Crippen molar-refractivity contribution >= 4 is 10.9 Å². The Bertz CT molecular complexity index is 1690. The summed E-state index contributed by atoms with van der Waals surface area (Å²) in [4.78, 5) is 2.50. The molecule has 3 nitrogen and oxygen atoms in total. The number of aromatic nitrogens is 2. The summed E-state index contributed by atoms with van der Waals surface area (Å²) in [6.07, 6.45) is 5.66. The number of rotatable bonds is 7. The van der Waals surface area contributed by atoms with Gasteiger partial charge in [0.15, 0.2) is 0 Å². The van der Waals surface area contributed by atoms with Gasteiger partial charge in [-0.25, -0.2) is 8.78 Å². The highest BCUT2D eigenvalue weighted by atomic mass is 19.1. The van der Waals surface area contributed by atoms with E-state index in [1.807, 2.05) is 29.9 Å². The van der Waals surface area contributed by atoms with Gasteiger partial charge in [0.1, 0.15) is 17.3 Å². The Balaban J connectivity index is 0.000000206. The molecular weight excluding hydrogens is 572 g/mol. The Kier molecular flexibility index (Phi) is 12.9. The molecule has 46 heavy (non-hydrogen) atoms. The number of likely N-dealkylation sites (tertiary alicyclic amines) is 1. The molecule has 1 fully saturated rings. The molecule has 1 saturated heterocycles. The second-order valence-electron chi connectivity index (χ2n) is 12.5. The first-order chi connectivity index (χ1) is 22.2. The van der Waals surface area contributed by atoms with Gasteiger partial charge < -0.3 is 0 Å². The average Bonchev–Trinajstić information content (AvgIpc) is 3.39. The molecule has 0 amide bonds. The zero-order valence-electron chi connectivity index (χ0n) is 28.2. The molecule has 0 atom stereocenters. The van der Waals surface area contributed by atoms with Crippen LogP contribution in [0.2, 0.25) is 0 Å². The Labute approximate surface area is 274 Å². The molecule has 1 aromatic heterocycles. The van der Waals surface area contributed by atoms with Crippen LogP contribution >= 0.6 is 0 Å². The van der Waals surface area contributed by atoms with E-state index < -0.39 is 0 Å². The minimum absolute atomic E-state index is 0.126. The molecule has 0 spiro atoms. The lowest BCUT2D eigenvalue weighted by Gasteiger charge is -2.32. The van der Waals surface area contributed by atoms with Crippen molar-refractivity contribution in [3.63, 3.8) is 0 Å². The van der Waals surface area contributed by atoms with E-state index >= 15 is 0 Å². The smallest absolute Gasteiger partial charge is 0.132 e. The third-order valence-electron chi connectivity index (χ3n) is 8.89. The van der Waals surface area contributed by atoms with Crippen LogP contribution in [0.15, 0.2) is 103 Å². The van der Waals surface area contributed by atoms with E-state index in [0.29, 0.717) is 17.2 Å². The molecule has 4 aromatic carbocycles. The van der Waals surface area contributed by atoms with E-state index in [0.717, 1.165) is 55.4 Å². The molecule has 0 unspecified atom stereocenters. The van der Waals surface area contributed by atoms with E-state index in [1.54, 1.807) is 24.3 Å². The van der Waals surface area contributed by atoms with Crippen molar-refractivity contribution in [1.29, 1.82) is 0 Å². The number of hydrogen-bond acceptors (Lipinski definition) is 2. The number of piperidine rings is 1. The normalized spacial score (nSPS) is 13.5. The van der Waals surface area contributed by atoms with Crippen LogP contribution in [0.1, 0.15) is 61.8 Å². The standard InChI is InChI=1S/C23H26FN3.C10H13F.C8H10/c1-16(2)17-11-13-27(14-12-17)15-18-7-6-9-20-22(25-26(3)23(18)20)19-8-4-5-10-21(19)24;1-2-3-5-9-6-4-7-10(11)8-9;1-7-5-3-4-6-8(7)2/h4-10,17H,1,11-15H2,2-3H3;4,6-8H,2-3,5H2,1H3;3-6H,1-2H3. The van der Waals surface area contributed by atoms with Crippen LogP contribution in [-0.2, 0) is 20.0 Å². The van der Waals surface area contributed by atoms with Crippen molar-refractivity contribution < 1.29 is 8.78 Å². The van der Waals surface area contributed by atoms with Gasteiger partial charge >= 0.3 is 0 Å². The van der Waals surface area contributed by atoms with Crippen LogP contribution in [0.4, 0.5) is 8.78 Å². The third-order valence-corrected chi connectivity index (χ3v) is 8.89. The van der Waals surface area contributed by atoms with Gasteiger partial charge in [-0.1, -0.05) is 92.2 Å². The lowest BCUT2D eigenvalue weighted by Crippen LogP contribution is -2.33. The molecule has 0 radical (unpaired) electrons. The number of allylic oxidation sites excluding steroid dienone is 1. The van der Waals surface area contributed by atoms with Gasteiger partial charge in [0.2, 0.25) is 0 Å². The van der Waals surface area contributed by atoms with Crippen molar-refractivity contribution in [3.05, 3.63) is 137 Å². The molecule has 0 aliphatic carbocycles. The molecule has 1 aliphatic rings. The van der Waals surface area contributed by atoms with Crippen molar-refractivity contribution in [1.82, 2.24) is 14.7 Å². The first-order valence-corrected chi connectivity index (χ1v) is 16.5. The van der Waals surface area contributed by atoms with Crippen molar-refractivity contribution in [2.45, 2.75) is 66.3 Å². The zero-order valence-corrected chi connectivity index (χ0v) is 28.2. The molecule has 5 aromatic rings. The monoisotopic (exact) mass is 621 g/mol. The van der Waals surface area contributed by atoms with Crippen LogP contribution in [0.5, 0.6) is 0 Å². The van der Waals surface area contributed by atoms with Gasteiger partial charge in [0, 0.05) is 24.5 Å². The molecule has 1 aliphatic heterocycles. The summed E-state index contributed by atoms with van der Waals surface area (Å²) in [5, 5.41) is 5.67. The number of aryl methyl sites for hydroxylation is 4. The summed E-state index contributed by atoms with van der Waals surface area (Å²) in [5.41, 5.74) is 8.76. The van der Waals surface area contributed by atoms with E-state index in [4.69, 9.17) is 0 Å². The van der Waals surface area contributed by atoms with Gasteiger partial charge in [0.05, 0.1) is 5.52 Å². The predicted molar refractivity (Wildman–Crippen MR) is 190 cm³/mol. The maximum absolute atomic E-state index is 14.3. The summed E-state index contributed by atoms with van der Waals surface area (Å²) in [6, 6.07) is 28.3. The van der Waals surface area contributed by atoms with Crippen LogP contribution in [0.25, 0.3) is 22.2 Å². The lowest BCUT2D eigenvalue weighted by molar-refractivity contribution is 0.192. The number of para-hydroxylation sites is 1. The molecule has 5 heteroatoms. The highest BCUT2D eigenvalue weighted by Gasteiger charge is 2.22. The lowest BCUT2D eigenvalue weighted by atomic mass is 9.91. The number of halogens is 2. The van der Waals surface area contributed by atoms with Gasteiger partial charge in [-0.05, 0) is 112 Å². The second kappa shape index (κ2) is 17.0. The fraction of sp³-hybridized carbons (Fsp3) is 0.341. The van der Waals surface area contributed by atoms with Gasteiger partial charge in [-0.2, -0.15) is 5.10 Å². The molecule has 0 saturated carbocycles. The maximum Gasteiger partial charge on any atom is 0.132 e. The molecular formula is C41H49F2N3. The van der Waals surface area contributed by atoms with E-state index in [9.17, 15) is 8.78 Å². The van der Waals surface area contributed by atoms with Crippen LogP contribution < -0.4 is 0 Å². The fourth-order valence-corrected chi connectivity index (χ4v) is 5.96. The summed E-state index contributed by atoms with van der Waals surface area (Å²) in [5.74, 6) is 0.296. The Morgan fingerprint density at radius 1 is 0.870 bits per heavy atom. The van der Waals surface area contributed by atoms with Crippen molar-refractivity contribution in [2.24, 2.45) is 13.0 Å². The highest BCUT2D eigenvalue weighted by molar-refractivity contribution is 5.95. The third kappa shape index (κ3) is 9.46. The number of fused-ring (bicyclic) bond motifs is 1. The largest absolute Gasteiger partial charge is 0.299 e. The van der Waals surface area contributed by atoms with Crippen molar-refractivity contribution in [2.75, 3.05) is 13.1 Å². The Hall–Kier alpha value is -4.09. The van der Waals surface area contributed by atoms with Crippen LogP contribution in [0.3, 0.4) is 0 Å². The maximum atomic E-state index is 14.3. The zero-order chi connectivity index (χ0) is 33.1. The number of hydrogen-bond donors (Lipinski definition) is 0. The summed E-state index contributed by atoms with van der Waals surface area (Å²) in [7, 11) is 1.95. The Morgan fingerprint density at radius 2 is 1.52 bits per heavy atom. The quantitative estimate of drug-likeness (QED) is 0.169. The van der Waals surface area contributed by atoms with Gasteiger partial charge in [0.25, 0.3) is 0 Å². The highest BCUT2D eigenvalue weighted by Crippen LogP contribution is 2.32. The molecule has 6 rings (SSSR count). The Morgan fingerprint density at radius 3 is 2.13 bits per heavy atom. The van der Waals surface area contributed by atoms with E-state index in [2.05, 4.69) is 80.7 Å². The van der Waals surface area contributed by atoms with Crippen LogP contribution in [0, 0.1) is 31.4 Å². The average molecular weight is 622 g/mol. The molecule has 0 bridgehead atoms. The van der Waals surface area contributed by atoms with Gasteiger partial charge in [-0.3, -0.25) is 9.58 Å². The SMILES string of the molecule is C=C(C)C1CCN(Cc2cccc3c(-c4ccccc4F)nn(C)c23)CC1.CCCCc1cccc(F)c1.Cc1ccccc1C. The minimum Gasteiger partial charge on any atom is -0.299 e. The number of unbranched alkanes of at least 4 members (excludes halogenated alkanes) is 1. The minimum atomic E-state index is -0.232. The first-order valence-electron chi connectivity index (χ1n) is 16.5. The fourth-order valence-electron chi connectivity index (χ4n) is 5.96. The predicted octanol–water partition coefficient (Wildman–Crippen LogP) is 10.6. The van der Waals surface area contributed by atoms with Crippen LogP contribution in [-0.4, -0.2) is 27.8 Å². The van der Waals surface area contributed by atoms with Crippen molar-refractivity contribution in [3.8, 4) is 11.3 Å². The first kappa shape index (κ1) is 34.8. The van der Waals surface area contributed by atoms with Gasteiger partial charge in [-0.15, -0.1) is 0 Å². The number of benzene rings is 4. The molecule has 0 N–H and O–H groups in total.